The summed E-state index contributed by atoms with van der Waals surface area (Å²) in [7, 11) is -2.22. The predicted molar refractivity (Wildman–Crippen MR) is 117 cm³/mol. The minimum absolute atomic E-state index is 0.205. The SMILES string of the molecule is CCC(NC(=O)CN(c1ccc(OC)c(Cl)c1)S(C)(=O)=O)c1ccc(C)cc1C. The molecule has 0 aliphatic rings. The van der Waals surface area contributed by atoms with E-state index < -0.39 is 15.9 Å². The van der Waals surface area contributed by atoms with Gasteiger partial charge in [-0.15, -0.1) is 0 Å². The number of carbonyl (C=O) groups is 1. The second-order valence-electron chi connectivity index (χ2n) is 6.98. The molecule has 0 heterocycles. The summed E-state index contributed by atoms with van der Waals surface area (Å²) in [5.41, 5.74) is 3.55. The molecule has 0 spiro atoms. The first-order chi connectivity index (χ1) is 13.6. The van der Waals surface area contributed by atoms with Crippen LogP contribution in [0.25, 0.3) is 0 Å². The number of carbonyl (C=O) groups excluding carboxylic acids is 1. The molecule has 29 heavy (non-hydrogen) atoms. The third kappa shape index (κ3) is 5.87. The Morgan fingerprint density at radius 3 is 2.41 bits per heavy atom. The largest absolute Gasteiger partial charge is 0.495 e. The monoisotopic (exact) mass is 438 g/mol. The lowest BCUT2D eigenvalue weighted by molar-refractivity contribution is -0.120. The van der Waals surface area contributed by atoms with Crippen molar-refractivity contribution in [3.63, 3.8) is 0 Å². The van der Waals surface area contributed by atoms with Crippen molar-refractivity contribution in [2.24, 2.45) is 0 Å². The zero-order chi connectivity index (χ0) is 21.8. The van der Waals surface area contributed by atoms with E-state index in [0.29, 0.717) is 17.9 Å². The van der Waals surface area contributed by atoms with Gasteiger partial charge in [-0.2, -0.15) is 0 Å². The molecular formula is C21H27ClN2O4S. The number of aryl methyl sites for hydroxylation is 2. The zero-order valence-electron chi connectivity index (χ0n) is 17.3. The van der Waals surface area contributed by atoms with E-state index in [1.54, 1.807) is 12.1 Å². The van der Waals surface area contributed by atoms with Crippen LogP contribution in [0.5, 0.6) is 5.75 Å². The molecule has 1 N–H and O–H groups in total. The Balaban J connectivity index is 2.25. The van der Waals surface area contributed by atoms with Crippen LogP contribution >= 0.6 is 11.6 Å². The highest BCUT2D eigenvalue weighted by Gasteiger charge is 2.23. The highest BCUT2D eigenvalue weighted by molar-refractivity contribution is 7.92. The van der Waals surface area contributed by atoms with Crippen LogP contribution in [-0.2, 0) is 14.8 Å². The zero-order valence-corrected chi connectivity index (χ0v) is 18.9. The van der Waals surface area contributed by atoms with Crippen molar-refractivity contribution in [1.29, 1.82) is 0 Å². The molecular weight excluding hydrogens is 412 g/mol. The number of benzene rings is 2. The van der Waals surface area contributed by atoms with Crippen molar-refractivity contribution in [2.45, 2.75) is 33.2 Å². The Hall–Kier alpha value is -2.25. The second-order valence-corrected chi connectivity index (χ2v) is 9.29. The van der Waals surface area contributed by atoms with Gasteiger partial charge in [0, 0.05) is 0 Å². The van der Waals surface area contributed by atoms with E-state index in [2.05, 4.69) is 11.4 Å². The first-order valence-corrected chi connectivity index (χ1v) is 11.5. The maximum Gasteiger partial charge on any atom is 0.241 e. The maximum atomic E-state index is 12.7. The molecule has 0 saturated heterocycles. The third-order valence-electron chi connectivity index (χ3n) is 4.66. The summed E-state index contributed by atoms with van der Waals surface area (Å²) in [6.45, 7) is 5.64. The number of rotatable bonds is 8. The number of ether oxygens (including phenoxy) is 1. The second kappa shape index (κ2) is 9.50. The van der Waals surface area contributed by atoms with Crippen LogP contribution in [0, 0.1) is 13.8 Å². The van der Waals surface area contributed by atoms with Crippen molar-refractivity contribution in [3.8, 4) is 5.75 Å². The topological polar surface area (TPSA) is 75.7 Å². The van der Waals surface area contributed by atoms with Gasteiger partial charge in [-0.05, 0) is 49.6 Å². The summed E-state index contributed by atoms with van der Waals surface area (Å²) < 4.78 is 30.8. The summed E-state index contributed by atoms with van der Waals surface area (Å²) >= 11 is 6.13. The first kappa shape index (κ1) is 23.0. The molecule has 2 aromatic rings. The number of amides is 1. The summed E-state index contributed by atoms with van der Waals surface area (Å²) in [6.07, 6.45) is 1.74. The van der Waals surface area contributed by atoms with Gasteiger partial charge in [-0.1, -0.05) is 42.3 Å². The lowest BCUT2D eigenvalue weighted by Crippen LogP contribution is -2.41. The van der Waals surface area contributed by atoms with Gasteiger partial charge in [0.1, 0.15) is 12.3 Å². The van der Waals surface area contributed by atoms with Gasteiger partial charge < -0.3 is 10.1 Å². The summed E-state index contributed by atoms with van der Waals surface area (Å²) in [4.78, 5) is 12.7. The number of halogens is 1. The predicted octanol–water partition coefficient (Wildman–Crippen LogP) is 4.00. The van der Waals surface area contributed by atoms with Gasteiger partial charge in [0.25, 0.3) is 0 Å². The van der Waals surface area contributed by atoms with Gasteiger partial charge in [0.2, 0.25) is 15.9 Å². The fourth-order valence-corrected chi connectivity index (χ4v) is 4.30. The first-order valence-electron chi connectivity index (χ1n) is 9.24. The van der Waals surface area contributed by atoms with Crippen molar-refractivity contribution >= 4 is 33.2 Å². The normalized spacial score (nSPS) is 12.3. The molecule has 0 aliphatic carbocycles. The molecule has 2 aromatic carbocycles. The molecule has 158 valence electrons. The Morgan fingerprint density at radius 1 is 1.21 bits per heavy atom. The molecule has 0 aliphatic heterocycles. The summed E-state index contributed by atoms with van der Waals surface area (Å²) in [5, 5.41) is 3.21. The standard InChI is InChI=1S/C21H27ClN2O4S/c1-6-19(17-9-7-14(2)11-15(17)3)23-21(25)13-24(29(5,26)27)16-8-10-20(28-4)18(22)12-16/h7-12,19H,6,13H2,1-5H3,(H,23,25). The Labute approximate surface area is 177 Å². The van der Waals surface area contributed by atoms with E-state index in [-0.39, 0.29) is 17.6 Å². The van der Waals surface area contributed by atoms with Gasteiger partial charge >= 0.3 is 0 Å². The van der Waals surface area contributed by atoms with Gasteiger partial charge in [0.05, 0.1) is 30.1 Å². The lowest BCUT2D eigenvalue weighted by atomic mass is 9.97. The van der Waals surface area contributed by atoms with Crippen LogP contribution in [-0.4, -0.2) is 34.2 Å². The van der Waals surface area contributed by atoms with Crippen LogP contribution in [0.2, 0.25) is 5.02 Å². The van der Waals surface area contributed by atoms with Crippen molar-refractivity contribution in [2.75, 3.05) is 24.2 Å². The number of hydrogen-bond donors (Lipinski definition) is 1. The van der Waals surface area contributed by atoms with E-state index in [4.69, 9.17) is 16.3 Å². The minimum Gasteiger partial charge on any atom is -0.495 e. The number of nitrogens with zero attached hydrogens (tertiary/aromatic N) is 1. The van der Waals surface area contributed by atoms with Gasteiger partial charge in [0.15, 0.2) is 0 Å². The van der Waals surface area contributed by atoms with Crippen molar-refractivity contribution in [3.05, 3.63) is 58.1 Å². The van der Waals surface area contributed by atoms with E-state index in [9.17, 15) is 13.2 Å². The number of methoxy groups -OCH3 is 1. The fraction of sp³-hybridized carbons (Fsp3) is 0.381. The highest BCUT2D eigenvalue weighted by Crippen LogP contribution is 2.30. The molecule has 0 aromatic heterocycles. The molecule has 6 nitrogen and oxygen atoms in total. The molecule has 1 amide bonds. The summed E-state index contributed by atoms with van der Waals surface area (Å²) in [5.74, 6) is 0.0309. The van der Waals surface area contributed by atoms with Gasteiger partial charge in [-0.3, -0.25) is 9.10 Å². The van der Waals surface area contributed by atoms with Crippen LogP contribution in [0.3, 0.4) is 0 Å². The quantitative estimate of drug-likeness (QED) is 0.675. The molecule has 0 saturated carbocycles. The minimum atomic E-state index is -3.70. The van der Waals surface area contributed by atoms with Crippen LogP contribution in [0.1, 0.15) is 36.1 Å². The number of nitrogens with one attached hydrogen (secondary N) is 1. The number of hydrogen-bond acceptors (Lipinski definition) is 4. The smallest absolute Gasteiger partial charge is 0.241 e. The van der Waals surface area contributed by atoms with Crippen molar-refractivity contribution in [1.82, 2.24) is 5.32 Å². The van der Waals surface area contributed by atoms with Crippen molar-refractivity contribution < 1.29 is 17.9 Å². The third-order valence-corrected chi connectivity index (χ3v) is 6.09. The molecule has 0 bridgehead atoms. The Kier molecular flexibility index (Phi) is 7.54. The maximum absolute atomic E-state index is 12.7. The molecule has 2 rings (SSSR count). The average molecular weight is 439 g/mol. The van der Waals surface area contributed by atoms with Crippen LogP contribution < -0.4 is 14.4 Å². The van der Waals surface area contributed by atoms with Crippen LogP contribution in [0.15, 0.2) is 36.4 Å². The summed E-state index contributed by atoms with van der Waals surface area (Å²) in [6, 6.07) is 10.4. The molecule has 1 atom stereocenters. The molecule has 8 heteroatoms. The molecule has 1 unspecified atom stereocenters. The Bertz CT molecular complexity index is 992. The lowest BCUT2D eigenvalue weighted by Gasteiger charge is -2.25. The number of anilines is 1. The number of sulfonamides is 1. The van der Waals surface area contributed by atoms with Crippen LogP contribution in [0.4, 0.5) is 5.69 Å². The van der Waals surface area contributed by atoms with E-state index in [1.807, 2.05) is 32.9 Å². The fourth-order valence-electron chi connectivity index (χ4n) is 3.20. The Morgan fingerprint density at radius 2 is 1.90 bits per heavy atom. The van der Waals surface area contributed by atoms with E-state index in [1.165, 1.54) is 13.2 Å². The average Bonchev–Trinajstić information content (AvgIpc) is 2.63. The molecule has 0 fully saturated rings. The van der Waals surface area contributed by atoms with E-state index in [0.717, 1.165) is 27.3 Å². The van der Waals surface area contributed by atoms with Gasteiger partial charge in [-0.25, -0.2) is 8.42 Å². The molecule has 0 radical (unpaired) electrons. The highest BCUT2D eigenvalue weighted by atomic mass is 35.5. The van der Waals surface area contributed by atoms with E-state index >= 15 is 0 Å².